The van der Waals surface area contributed by atoms with Crippen LogP contribution in [0.25, 0.3) is 0 Å². The molecule has 1 aliphatic rings. The number of carbonyl (C=O) groups excluding carboxylic acids is 2. The Bertz CT molecular complexity index is 481. The normalized spacial score (nSPS) is 13.9. The first-order chi connectivity index (χ1) is 10.2. The minimum Gasteiger partial charge on any atom is -0.497 e. The van der Waals surface area contributed by atoms with Gasteiger partial charge in [-0.2, -0.15) is 0 Å². The van der Waals surface area contributed by atoms with Crippen molar-refractivity contribution in [2.24, 2.45) is 0 Å². The molecule has 21 heavy (non-hydrogen) atoms. The van der Waals surface area contributed by atoms with Crippen LogP contribution in [0.4, 0.5) is 9.59 Å². The van der Waals surface area contributed by atoms with E-state index in [2.05, 4.69) is 5.32 Å². The number of amides is 2. The number of nitrogens with zero attached hydrogens (tertiary/aromatic N) is 1. The van der Waals surface area contributed by atoms with Gasteiger partial charge in [0.1, 0.15) is 5.75 Å². The molecule has 1 aliphatic heterocycles. The molecule has 1 saturated heterocycles. The molecule has 1 fully saturated rings. The van der Waals surface area contributed by atoms with E-state index in [1.165, 1.54) is 0 Å². The molecule has 0 spiro atoms. The molecular formula is C15H20N2O4. The van der Waals surface area contributed by atoms with Crippen molar-refractivity contribution in [3.8, 4) is 5.75 Å². The van der Waals surface area contributed by atoms with Crippen molar-refractivity contribution in [3.05, 3.63) is 29.8 Å². The third kappa shape index (κ3) is 4.66. The summed E-state index contributed by atoms with van der Waals surface area (Å²) in [5, 5.41) is 2.57. The van der Waals surface area contributed by atoms with Gasteiger partial charge in [0.25, 0.3) is 0 Å². The smallest absolute Gasteiger partial charge is 0.418 e. The van der Waals surface area contributed by atoms with E-state index < -0.39 is 12.2 Å². The fraction of sp³-hybridized carbons (Fsp3) is 0.467. The van der Waals surface area contributed by atoms with Crippen LogP contribution in [0.5, 0.6) is 5.75 Å². The molecule has 114 valence electrons. The molecule has 0 unspecified atom stereocenters. The van der Waals surface area contributed by atoms with E-state index in [0.717, 1.165) is 24.2 Å². The molecule has 6 heteroatoms. The zero-order valence-corrected chi connectivity index (χ0v) is 12.1. The summed E-state index contributed by atoms with van der Waals surface area (Å²) in [5.41, 5.74) is 1.07. The van der Waals surface area contributed by atoms with Crippen LogP contribution in [0.1, 0.15) is 18.4 Å². The van der Waals surface area contributed by atoms with Gasteiger partial charge in [-0.05, 0) is 37.0 Å². The standard InChI is InChI=1S/C15H20N2O4/c1-20-13-6-4-12(5-7-13)8-9-16-14(18)21-15(19)17-10-2-3-11-17/h4-7H,2-3,8-11H2,1H3,(H,16,18). The number of hydrogen-bond donors (Lipinski definition) is 1. The highest BCUT2D eigenvalue weighted by atomic mass is 16.6. The lowest BCUT2D eigenvalue weighted by Gasteiger charge is -2.14. The average molecular weight is 292 g/mol. The number of carbonyl (C=O) groups is 2. The molecule has 0 radical (unpaired) electrons. The van der Waals surface area contributed by atoms with Gasteiger partial charge in [-0.25, -0.2) is 9.59 Å². The van der Waals surface area contributed by atoms with E-state index in [1.54, 1.807) is 12.0 Å². The van der Waals surface area contributed by atoms with Gasteiger partial charge in [0.05, 0.1) is 7.11 Å². The summed E-state index contributed by atoms with van der Waals surface area (Å²) in [5.74, 6) is 0.794. The van der Waals surface area contributed by atoms with Gasteiger partial charge in [-0.15, -0.1) is 0 Å². The van der Waals surface area contributed by atoms with Crippen molar-refractivity contribution in [3.63, 3.8) is 0 Å². The van der Waals surface area contributed by atoms with Crippen molar-refractivity contribution in [2.45, 2.75) is 19.3 Å². The molecule has 1 aromatic rings. The van der Waals surface area contributed by atoms with Crippen LogP contribution < -0.4 is 10.1 Å². The third-order valence-electron chi connectivity index (χ3n) is 3.39. The number of likely N-dealkylation sites (tertiary alicyclic amines) is 1. The molecule has 1 aromatic carbocycles. The maximum absolute atomic E-state index is 11.6. The number of ether oxygens (including phenoxy) is 2. The van der Waals surface area contributed by atoms with E-state index in [0.29, 0.717) is 26.1 Å². The Labute approximate surface area is 124 Å². The lowest BCUT2D eigenvalue weighted by atomic mass is 10.1. The summed E-state index contributed by atoms with van der Waals surface area (Å²) < 4.78 is 9.80. The minimum atomic E-state index is -0.694. The summed E-state index contributed by atoms with van der Waals surface area (Å²) in [6, 6.07) is 7.59. The van der Waals surface area contributed by atoms with Gasteiger partial charge in [0, 0.05) is 19.6 Å². The van der Waals surface area contributed by atoms with Crippen molar-refractivity contribution >= 4 is 12.2 Å². The summed E-state index contributed by atoms with van der Waals surface area (Å²) >= 11 is 0. The fourth-order valence-electron chi connectivity index (χ4n) is 2.18. The summed E-state index contributed by atoms with van der Waals surface area (Å²) in [4.78, 5) is 24.6. The molecule has 0 aromatic heterocycles. The largest absolute Gasteiger partial charge is 0.497 e. The molecule has 1 N–H and O–H groups in total. The van der Waals surface area contributed by atoms with Crippen molar-refractivity contribution < 1.29 is 19.1 Å². The SMILES string of the molecule is COc1ccc(CCNC(=O)OC(=O)N2CCCC2)cc1. The molecule has 2 amide bonds. The molecule has 0 aliphatic carbocycles. The molecule has 6 nitrogen and oxygen atoms in total. The second-order valence-corrected chi connectivity index (χ2v) is 4.87. The highest BCUT2D eigenvalue weighted by Gasteiger charge is 2.21. The number of nitrogens with one attached hydrogen (secondary N) is 1. The summed E-state index contributed by atoms with van der Waals surface area (Å²) in [6.45, 7) is 1.74. The third-order valence-corrected chi connectivity index (χ3v) is 3.39. The second kappa shape index (κ2) is 7.52. The van der Waals surface area contributed by atoms with Crippen molar-refractivity contribution in [1.82, 2.24) is 10.2 Å². The predicted molar refractivity (Wildman–Crippen MR) is 77.4 cm³/mol. The monoisotopic (exact) mass is 292 g/mol. The van der Waals surface area contributed by atoms with Gasteiger partial charge < -0.3 is 19.7 Å². The Balaban J connectivity index is 1.67. The number of hydrogen-bond acceptors (Lipinski definition) is 4. The van der Waals surface area contributed by atoms with E-state index >= 15 is 0 Å². The number of benzene rings is 1. The lowest BCUT2D eigenvalue weighted by Crippen LogP contribution is -2.35. The second-order valence-electron chi connectivity index (χ2n) is 4.87. The fourth-order valence-corrected chi connectivity index (χ4v) is 2.18. The number of rotatable bonds is 4. The van der Waals surface area contributed by atoms with Crippen LogP contribution in [0, 0.1) is 0 Å². The topological polar surface area (TPSA) is 67.9 Å². The van der Waals surface area contributed by atoms with Crippen LogP contribution >= 0.6 is 0 Å². The first-order valence-electron chi connectivity index (χ1n) is 7.06. The molecule has 0 bridgehead atoms. The quantitative estimate of drug-likeness (QED) is 0.864. The molecule has 1 heterocycles. The maximum Gasteiger partial charge on any atom is 0.418 e. The number of methoxy groups -OCH3 is 1. The van der Waals surface area contributed by atoms with E-state index in [1.807, 2.05) is 24.3 Å². The minimum absolute atomic E-state index is 0.415. The molecular weight excluding hydrogens is 272 g/mol. The Morgan fingerprint density at radius 2 is 1.86 bits per heavy atom. The van der Waals surface area contributed by atoms with Crippen LogP contribution in [0.15, 0.2) is 24.3 Å². The van der Waals surface area contributed by atoms with Gasteiger partial charge in [0.15, 0.2) is 0 Å². The highest BCUT2D eigenvalue weighted by molar-refractivity contribution is 5.83. The van der Waals surface area contributed by atoms with E-state index in [4.69, 9.17) is 9.47 Å². The van der Waals surface area contributed by atoms with Crippen LogP contribution in [0.3, 0.4) is 0 Å². The Morgan fingerprint density at radius 1 is 1.19 bits per heavy atom. The van der Waals surface area contributed by atoms with Gasteiger partial charge >= 0.3 is 12.2 Å². The van der Waals surface area contributed by atoms with Crippen LogP contribution in [-0.4, -0.2) is 43.8 Å². The van der Waals surface area contributed by atoms with Gasteiger partial charge in [-0.1, -0.05) is 12.1 Å². The number of alkyl carbamates (subject to hydrolysis) is 1. The Morgan fingerprint density at radius 3 is 2.48 bits per heavy atom. The Kier molecular flexibility index (Phi) is 5.43. The van der Waals surface area contributed by atoms with Gasteiger partial charge in [0.2, 0.25) is 0 Å². The van der Waals surface area contributed by atoms with Crippen LogP contribution in [0.2, 0.25) is 0 Å². The summed E-state index contributed by atoms with van der Waals surface area (Å²) in [7, 11) is 1.62. The average Bonchev–Trinajstić information content (AvgIpc) is 3.02. The lowest BCUT2D eigenvalue weighted by molar-refractivity contribution is 0.124. The maximum atomic E-state index is 11.6. The zero-order chi connectivity index (χ0) is 15.1. The van der Waals surface area contributed by atoms with E-state index in [-0.39, 0.29) is 0 Å². The molecule has 2 rings (SSSR count). The molecule has 0 atom stereocenters. The van der Waals surface area contributed by atoms with E-state index in [9.17, 15) is 9.59 Å². The molecule has 0 saturated carbocycles. The van der Waals surface area contributed by atoms with Crippen LogP contribution in [-0.2, 0) is 11.2 Å². The first kappa shape index (κ1) is 15.2. The zero-order valence-electron chi connectivity index (χ0n) is 12.1. The predicted octanol–water partition coefficient (Wildman–Crippen LogP) is 2.18. The Hall–Kier alpha value is -2.24. The first-order valence-corrected chi connectivity index (χ1v) is 7.06. The highest BCUT2D eigenvalue weighted by Crippen LogP contribution is 2.11. The van der Waals surface area contributed by atoms with Gasteiger partial charge in [-0.3, -0.25) is 0 Å². The van der Waals surface area contributed by atoms with Crippen molar-refractivity contribution in [1.29, 1.82) is 0 Å². The summed E-state index contributed by atoms with van der Waals surface area (Å²) in [6.07, 6.45) is 1.34. The van der Waals surface area contributed by atoms with Crippen molar-refractivity contribution in [2.75, 3.05) is 26.7 Å².